The zero-order valence-corrected chi connectivity index (χ0v) is 20.6. The van der Waals surface area contributed by atoms with Crippen molar-refractivity contribution in [2.45, 2.75) is 12.5 Å². The summed E-state index contributed by atoms with van der Waals surface area (Å²) in [5.41, 5.74) is 1.25. The molecule has 2 heterocycles. The summed E-state index contributed by atoms with van der Waals surface area (Å²) in [6.07, 6.45) is 0.449. The Hall–Kier alpha value is -3.65. The molecular formula is C27H21BrFNO5. The predicted octanol–water partition coefficient (Wildman–Crippen LogP) is 5.50. The molecule has 8 heteroatoms. The summed E-state index contributed by atoms with van der Waals surface area (Å²) >= 11 is 3.38. The second-order valence-electron chi connectivity index (χ2n) is 8.18. The van der Waals surface area contributed by atoms with Crippen molar-refractivity contribution < 1.29 is 23.1 Å². The van der Waals surface area contributed by atoms with Gasteiger partial charge in [0, 0.05) is 16.6 Å². The molecular weight excluding hydrogens is 517 g/mol. The molecule has 1 amide bonds. The van der Waals surface area contributed by atoms with E-state index in [1.54, 1.807) is 56.7 Å². The molecule has 3 aromatic carbocycles. The zero-order chi connectivity index (χ0) is 24.7. The molecule has 1 unspecified atom stereocenters. The summed E-state index contributed by atoms with van der Waals surface area (Å²) in [5.74, 6) is 0.169. The maximum atomic E-state index is 15.0. The van der Waals surface area contributed by atoms with E-state index in [2.05, 4.69) is 15.9 Å². The first-order valence-electron chi connectivity index (χ1n) is 11.0. The molecule has 35 heavy (non-hydrogen) atoms. The Bertz CT molecular complexity index is 1520. The van der Waals surface area contributed by atoms with E-state index < -0.39 is 17.8 Å². The number of methoxy groups -OCH3 is 2. The van der Waals surface area contributed by atoms with Crippen molar-refractivity contribution in [1.82, 2.24) is 4.90 Å². The third-order valence-corrected chi connectivity index (χ3v) is 6.71. The normalized spacial score (nSPS) is 14.9. The van der Waals surface area contributed by atoms with E-state index in [4.69, 9.17) is 13.9 Å². The van der Waals surface area contributed by atoms with Crippen molar-refractivity contribution in [2.24, 2.45) is 0 Å². The molecule has 0 radical (unpaired) electrons. The lowest BCUT2D eigenvalue weighted by Crippen LogP contribution is -2.32. The van der Waals surface area contributed by atoms with Crippen molar-refractivity contribution in [3.63, 3.8) is 0 Å². The second-order valence-corrected chi connectivity index (χ2v) is 9.09. The van der Waals surface area contributed by atoms with Crippen molar-refractivity contribution in [2.75, 3.05) is 20.8 Å². The molecule has 0 saturated carbocycles. The Balaban J connectivity index is 1.60. The van der Waals surface area contributed by atoms with Crippen LogP contribution >= 0.6 is 15.9 Å². The summed E-state index contributed by atoms with van der Waals surface area (Å²) in [5, 5.41) is 0.328. The van der Waals surface area contributed by atoms with E-state index in [1.165, 1.54) is 11.0 Å². The van der Waals surface area contributed by atoms with E-state index in [0.717, 1.165) is 5.56 Å². The fourth-order valence-electron chi connectivity index (χ4n) is 4.53. The van der Waals surface area contributed by atoms with Crippen molar-refractivity contribution in [3.8, 4) is 11.5 Å². The van der Waals surface area contributed by atoms with Crippen LogP contribution in [0.15, 0.2) is 74.3 Å². The molecule has 0 aliphatic carbocycles. The molecule has 1 aromatic heterocycles. The number of nitrogens with zero attached hydrogens (tertiary/aromatic N) is 1. The van der Waals surface area contributed by atoms with Gasteiger partial charge in [0.2, 0.25) is 5.76 Å². The predicted molar refractivity (Wildman–Crippen MR) is 133 cm³/mol. The van der Waals surface area contributed by atoms with Crippen LogP contribution in [0.1, 0.15) is 33.3 Å². The zero-order valence-electron chi connectivity index (χ0n) is 19.0. The topological polar surface area (TPSA) is 69.0 Å². The minimum atomic E-state index is -0.904. The number of hydrogen-bond donors (Lipinski definition) is 0. The first-order chi connectivity index (χ1) is 16.9. The number of ether oxygens (including phenoxy) is 2. The molecule has 1 atom stereocenters. The monoisotopic (exact) mass is 537 g/mol. The molecule has 1 aliphatic rings. The van der Waals surface area contributed by atoms with Crippen molar-refractivity contribution in [1.29, 1.82) is 0 Å². The lowest BCUT2D eigenvalue weighted by molar-refractivity contribution is 0.0728. The lowest BCUT2D eigenvalue weighted by atomic mass is 9.98. The average Bonchev–Trinajstić information content (AvgIpc) is 3.14. The minimum absolute atomic E-state index is 0.0506. The van der Waals surface area contributed by atoms with Crippen LogP contribution in [0, 0.1) is 5.82 Å². The standard InChI is InChI=1S/C27H21BrFNO5/c1-33-21-9-7-15(13-22(21)34-2)11-12-30-24(17-5-3-4-6-19(17)29)23-25(31)18-14-16(28)8-10-20(18)35-26(23)27(30)32/h3-10,13-14,24H,11-12H2,1-2H3. The number of amides is 1. The quantitative estimate of drug-likeness (QED) is 0.325. The number of benzene rings is 3. The molecule has 0 bridgehead atoms. The van der Waals surface area contributed by atoms with Gasteiger partial charge in [0.1, 0.15) is 11.4 Å². The molecule has 0 spiro atoms. The van der Waals surface area contributed by atoms with Gasteiger partial charge in [-0.2, -0.15) is 0 Å². The largest absolute Gasteiger partial charge is 0.493 e. The Labute approximate surface area is 209 Å². The van der Waals surface area contributed by atoms with Gasteiger partial charge >= 0.3 is 0 Å². The van der Waals surface area contributed by atoms with Gasteiger partial charge in [0.25, 0.3) is 5.91 Å². The van der Waals surface area contributed by atoms with Gasteiger partial charge in [-0.15, -0.1) is 0 Å². The van der Waals surface area contributed by atoms with Gasteiger partial charge in [0.05, 0.1) is 31.2 Å². The summed E-state index contributed by atoms with van der Waals surface area (Å²) in [4.78, 5) is 28.6. The third-order valence-electron chi connectivity index (χ3n) is 6.22. The number of carbonyl (C=O) groups excluding carboxylic acids is 1. The molecule has 0 fully saturated rings. The summed E-state index contributed by atoms with van der Waals surface area (Å²) in [6, 6.07) is 15.8. The van der Waals surface area contributed by atoms with Crippen LogP contribution in [0.3, 0.4) is 0 Å². The summed E-state index contributed by atoms with van der Waals surface area (Å²) in [7, 11) is 3.11. The summed E-state index contributed by atoms with van der Waals surface area (Å²) in [6.45, 7) is 0.233. The minimum Gasteiger partial charge on any atom is -0.493 e. The van der Waals surface area contributed by atoms with E-state index in [-0.39, 0.29) is 28.9 Å². The van der Waals surface area contributed by atoms with Gasteiger partial charge in [-0.3, -0.25) is 9.59 Å². The van der Waals surface area contributed by atoms with Crippen molar-refractivity contribution in [3.05, 3.63) is 104 Å². The van der Waals surface area contributed by atoms with E-state index in [9.17, 15) is 14.0 Å². The van der Waals surface area contributed by atoms with Crippen LogP contribution in [0.25, 0.3) is 11.0 Å². The number of rotatable bonds is 6. The van der Waals surface area contributed by atoms with Gasteiger partial charge in [0.15, 0.2) is 16.9 Å². The molecule has 4 aromatic rings. The smallest absolute Gasteiger partial charge is 0.290 e. The maximum Gasteiger partial charge on any atom is 0.290 e. The van der Waals surface area contributed by atoms with Crippen LogP contribution in [0.4, 0.5) is 4.39 Å². The fraction of sp³-hybridized carbons (Fsp3) is 0.185. The fourth-order valence-corrected chi connectivity index (χ4v) is 4.89. The Morgan fingerprint density at radius 2 is 1.77 bits per heavy atom. The molecule has 5 rings (SSSR count). The van der Waals surface area contributed by atoms with Gasteiger partial charge in [-0.1, -0.05) is 40.2 Å². The van der Waals surface area contributed by atoms with E-state index >= 15 is 0 Å². The summed E-state index contributed by atoms with van der Waals surface area (Å²) < 4.78 is 32.3. The highest BCUT2D eigenvalue weighted by Crippen LogP contribution is 2.39. The highest BCUT2D eigenvalue weighted by molar-refractivity contribution is 9.10. The molecule has 178 valence electrons. The van der Waals surface area contributed by atoms with E-state index in [0.29, 0.717) is 33.4 Å². The third kappa shape index (κ3) is 3.97. The van der Waals surface area contributed by atoms with Crippen LogP contribution in [-0.4, -0.2) is 31.6 Å². The number of fused-ring (bicyclic) bond motifs is 2. The number of hydrogen-bond acceptors (Lipinski definition) is 5. The Morgan fingerprint density at radius 3 is 2.51 bits per heavy atom. The maximum absolute atomic E-state index is 15.0. The Kier molecular flexibility index (Phi) is 6.06. The Morgan fingerprint density at radius 1 is 1.00 bits per heavy atom. The second kappa shape index (κ2) is 9.19. The van der Waals surface area contributed by atoms with Gasteiger partial charge < -0.3 is 18.8 Å². The molecule has 1 aliphatic heterocycles. The average molecular weight is 538 g/mol. The van der Waals surface area contributed by atoms with Crippen LogP contribution in [-0.2, 0) is 6.42 Å². The van der Waals surface area contributed by atoms with Gasteiger partial charge in [-0.25, -0.2) is 4.39 Å². The lowest BCUT2D eigenvalue weighted by Gasteiger charge is -2.25. The SMILES string of the molecule is COc1ccc(CCN2C(=O)c3oc4ccc(Br)cc4c(=O)c3C2c2ccccc2F)cc1OC. The first-order valence-corrected chi connectivity index (χ1v) is 11.7. The van der Waals surface area contributed by atoms with Gasteiger partial charge in [-0.05, 0) is 48.4 Å². The van der Waals surface area contributed by atoms with Crippen LogP contribution < -0.4 is 14.9 Å². The van der Waals surface area contributed by atoms with E-state index in [1.807, 2.05) is 12.1 Å². The highest BCUT2D eigenvalue weighted by Gasteiger charge is 2.43. The number of carbonyl (C=O) groups is 1. The number of halogens is 2. The highest BCUT2D eigenvalue weighted by atomic mass is 79.9. The molecule has 0 N–H and O–H groups in total. The first kappa shape index (κ1) is 23.1. The van der Waals surface area contributed by atoms with Crippen LogP contribution in [0.2, 0.25) is 0 Å². The molecule has 0 saturated heterocycles. The molecule has 6 nitrogen and oxygen atoms in total. The van der Waals surface area contributed by atoms with Crippen molar-refractivity contribution >= 4 is 32.8 Å². The van der Waals surface area contributed by atoms with Crippen LogP contribution in [0.5, 0.6) is 11.5 Å².